The molecular formula is C12H17N3O2S. The van der Waals surface area contributed by atoms with Crippen molar-refractivity contribution in [2.45, 2.75) is 26.8 Å². The molecule has 98 valence electrons. The smallest absolute Gasteiger partial charge is 0.259 e. The summed E-state index contributed by atoms with van der Waals surface area (Å²) in [6.07, 6.45) is 1.43. The molecule has 0 radical (unpaired) electrons. The van der Waals surface area contributed by atoms with Gasteiger partial charge in [-0.15, -0.1) is 0 Å². The van der Waals surface area contributed by atoms with Crippen LogP contribution < -0.4 is 11.2 Å². The lowest BCUT2D eigenvalue weighted by Gasteiger charge is -2.25. The van der Waals surface area contributed by atoms with Crippen LogP contribution in [-0.2, 0) is 0 Å². The van der Waals surface area contributed by atoms with Crippen molar-refractivity contribution in [2.24, 2.45) is 5.73 Å². The van der Waals surface area contributed by atoms with Crippen LogP contribution in [0.2, 0.25) is 0 Å². The molecule has 0 bridgehead atoms. The minimum atomic E-state index is -0.362. The number of carbonyl (C=O) groups is 1. The molecule has 0 fully saturated rings. The number of hydrogen-bond donors (Lipinski definition) is 2. The van der Waals surface area contributed by atoms with Gasteiger partial charge in [0, 0.05) is 24.0 Å². The zero-order valence-electron chi connectivity index (χ0n) is 10.7. The highest BCUT2D eigenvalue weighted by atomic mass is 32.1. The summed E-state index contributed by atoms with van der Waals surface area (Å²) in [6.45, 7) is 5.61. The Labute approximate surface area is 111 Å². The summed E-state index contributed by atoms with van der Waals surface area (Å²) in [5.41, 5.74) is 5.97. The number of nitrogens with one attached hydrogen (secondary N) is 1. The molecule has 0 saturated heterocycles. The van der Waals surface area contributed by atoms with Crippen LogP contribution in [0.5, 0.6) is 0 Å². The standard InChI is InChI=1S/C12H17N3O2S/c1-7(2)15(6-11(13)18)12(17)9-5-14-8(3)4-10(9)16/h4-5,7H,6H2,1-3H3,(H2,13,18)(H,14,16). The molecule has 18 heavy (non-hydrogen) atoms. The predicted octanol–water partition coefficient (Wildman–Crippen LogP) is 0.820. The van der Waals surface area contributed by atoms with E-state index in [4.69, 9.17) is 18.0 Å². The Morgan fingerprint density at radius 3 is 2.61 bits per heavy atom. The minimum Gasteiger partial charge on any atom is -0.392 e. The van der Waals surface area contributed by atoms with Gasteiger partial charge >= 0.3 is 0 Å². The van der Waals surface area contributed by atoms with Gasteiger partial charge in [-0.1, -0.05) is 12.2 Å². The summed E-state index contributed by atoms with van der Waals surface area (Å²) in [5, 5.41) is 0. The largest absolute Gasteiger partial charge is 0.392 e. The van der Waals surface area contributed by atoms with Crippen LogP contribution in [0.15, 0.2) is 17.1 Å². The van der Waals surface area contributed by atoms with Gasteiger partial charge in [-0.25, -0.2) is 0 Å². The van der Waals surface area contributed by atoms with Crippen LogP contribution in [0.1, 0.15) is 29.9 Å². The molecule has 0 aliphatic heterocycles. The third-order valence-corrected chi connectivity index (χ3v) is 2.63. The number of pyridine rings is 1. The molecule has 1 heterocycles. The van der Waals surface area contributed by atoms with E-state index in [2.05, 4.69) is 4.98 Å². The highest BCUT2D eigenvalue weighted by Gasteiger charge is 2.21. The molecule has 0 saturated carbocycles. The van der Waals surface area contributed by atoms with E-state index in [1.165, 1.54) is 17.2 Å². The summed E-state index contributed by atoms with van der Waals surface area (Å²) < 4.78 is 0. The van der Waals surface area contributed by atoms with Gasteiger partial charge in [0.25, 0.3) is 5.91 Å². The molecule has 0 aliphatic rings. The van der Waals surface area contributed by atoms with Gasteiger partial charge in [-0.05, 0) is 20.8 Å². The zero-order chi connectivity index (χ0) is 13.9. The minimum absolute atomic E-state index is 0.0836. The lowest BCUT2D eigenvalue weighted by Crippen LogP contribution is -2.43. The maximum Gasteiger partial charge on any atom is 0.259 e. The Kier molecular flexibility index (Phi) is 4.61. The fraction of sp³-hybridized carbons (Fsp3) is 0.417. The van der Waals surface area contributed by atoms with E-state index in [-0.39, 0.29) is 34.5 Å². The summed E-state index contributed by atoms with van der Waals surface area (Å²) >= 11 is 4.81. The molecule has 0 unspecified atom stereocenters. The van der Waals surface area contributed by atoms with Crippen molar-refractivity contribution in [3.05, 3.63) is 33.7 Å². The molecule has 1 amide bonds. The molecule has 3 N–H and O–H groups in total. The number of thiocarbonyl (C=S) groups is 1. The maximum absolute atomic E-state index is 12.2. The molecule has 1 rings (SSSR count). The molecular weight excluding hydrogens is 250 g/mol. The van der Waals surface area contributed by atoms with Crippen LogP contribution in [-0.4, -0.2) is 33.4 Å². The lowest BCUT2D eigenvalue weighted by atomic mass is 10.2. The van der Waals surface area contributed by atoms with Crippen LogP contribution in [0.3, 0.4) is 0 Å². The van der Waals surface area contributed by atoms with Gasteiger partial charge in [-0.3, -0.25) is 9.59 Å². The highest BCUT2D eigenvalue weighted by Crippen LogP contribution is 2.05. The molecule has 0 spiro atoms. The first-order chi connectivity index (χ1) is 8.32. The molecule has 0 atom stereocenters. The molecule has 0 aromatic carbocycles. The number of H-pyrrole nitrogens is 1. The number of aryl methyl sites for hydroxylation is 1. The third kappa shape index (κ3) is 3.40. The van der Waals surface area contributed by atoms with Crippen molar-refractivity contribution in [3.8, 4) is 0 Å². The van der Waals surface area contributed by atoms with E-state index in [1.807, 2.05) is 13.8 Å². The lowest BCUT2D eigenvalue weighted by molar-refractivity contribution is 0.0734. The van der Waals surface area contributed by atoms with Crippen molar-refractivity contribution >= 4 is 23.1 Å². The van der Waals surface area contributed by atoms with E-state index in [1.54, 1.807) is 6.92 Å². The maximum atomic E-state index is 12.2. The molecule has 1 aromatic heterocycles. The Balaban J connectivity index is 3.10. The zero-order valence-corrected chi connectivity index (χ0v) is 11.5. The number of aromatic nitrogens is 1. The monoisotopic (exact) mass is 267 g/mol. The van der Waals surface area contributed by atoms with Crippen molar-refractivity contribution < 1.29 is 4.79 Å². The topological polar surface area (TPSA) is 79.2 Å². The Hall–Kier alpha value is -1.69. The molecule has 5 nitrogen and oxygen atoms in total. The summed E-state index contributed by atoms with van der Waals surface area (Å²) in [4.78, 5) is 28.6. The van der Waals surface area contributed by atoms with Gasteiger partial charge < -0.3 is 15.6 Å². The van der Waals surface area contributed by atoms with Gasteiger partial charge in [0.1, 0.15) is 5.56 Å². The Morgan fingerprint density at radius 1 is 1.56 bits per heavy atom. The second kappa shape index (κ2) is 5.77. The van der Waals surface area contributed by atoms with Crippen molar-refractivity contribution in [2.75, 3.05) is 6.54 Å². The predicted molar refractivity (Wildman–Crippen MR) is 74.8 cm³/mol. The molecule has 1 aromatic rings. The number of rotatable bonds is 4. The summed E-state index contributed by atoms with van der Waals surface area (Å²) in [5.74, 6) is -0.362. The molecule has 6 heteroatoms. The number of aromatic amines is 1. The molecule has 0 aliphatic carbocycles. The Bertz CT molecular complexity index is 522. The fourth-order valence-electron chi connectivity index (χ4n) is 1.55. The number of carbonyl (C=O) groups excluding carboxylic acids is 1. The van der Waals surface area contributed by atoms with Crippen molar-refractivity contribution in [1.29, 1.82) is 0 Å². The SMILES string of the molecule is Cc1cc(=O)c(C(=O)N(CC(N)=S)C(C)C)c[nH]1. The van der Waals surface area contributed by atoms with Gasteiger partial charge in [0.15, 0.2) is 5.43 Å². The van der Waals surface area contributed by atoms with E-state index < -0.39 is 0 Å². The second-order valence-electron chi connectivity index (χ2n) is 4.39. The quantitative estimate of drug-likeness (QED) is 0.792. The van der Waals surface area contributed by atoms with E-state index >= 15 is 0 Å². The Morgan fingerprint density at radius 2 is 2.17 bits per heavy atom. The average molecular weight is 267 g/mol. The second-order valence-corrected chi connectivity index (χ2v) is 4.91. The van der Waals surface area contributed by atoms with Gasteiger partial charge in [0.05, 0.1) is 11.5 Å². The average Bonchev–Trinajstić information content (AvgIpc) is 2.24. The normalized spacial score (nSPS) is 10.4. The van der Waals surface area contributed by atoms with Crippen LogP contribution in [0.4, 0.5) is 0 Å². The van der Waals surface area contributed by atoms with Crippen molar-refractivity contribution in [3.63, 3.8) is 0 Å². The van der Waals surface area contributed by atoms with Crippen LogP contribution >= 0.6 is 12.2 Å². The first-order valence-corrected chi connectivity index (χ1v) is 6.02. The first kappa shape index (κ1) is 14.4. The van der Waals surface area contributed by atoms with Crippen molar-refractivity contribution in [1.82, 2.24) is 9.88 Å². The number of nitrogens with zero attached hydrogens (tertiary/aromatic N) is 1. The highest BCUT2D eigenvalue weighted by molar-refractivity contribution is 7.80. The number of hydrogen-bond acceptors (Lipinski definition) is 3. The van der Waals surface area contributed by atoms with Crippen LogP contribution in [0, 0.1) is 6.92 Å². The fourth-order valence-corrected chi connectivity index (χ4v) is 1.69. The number of amides is 1. The number of nitrogens with two attached hydrogens (primary N) is 1. The summed E-state index contributed by atoms with van der Waals surface area (Å²) in [6, 6.07) is 1.31. The third-order valence-electron chi connectivity index (χ3n) is 2.50. The van der Waals surface area contributed by atoms with E-state index in [0.717, 1.165) is 0 Å². The van der Waals surface area contributed by atoms with Gasteiger partial charge in [-0.2, -0.15) is 0 Å². The first-order valence-electron chi connectivity index (χ1n) is 5.61. The summed E-state index contributed by atoms with van der Waals surface area (Å²) in [7, 11) is 0. The van der Waals surface area contributed by atoms with Crippen LogP contribution in [0.25, 0.3) is 0 Å². The van der Waals surface area contributed by atoms with E-state index in [9.17, 15) is 9.59 Å². The van der Waals surface area contributed by atoms with Gasteiger partial charge in [0.2, 0.25) is 0 Å². The van der Waals surface area contributed by atoms with E-state index in [0.29, 0.717) is 5.69 Å².